The predicted molar refractivity (Wildman–Crippen MR) is 164 cm³/mol. The zero-order valence-electron chi connectivity index (χ0n) is 23.5. The molecule has 0 saturated carbocycles. The third kappa shape index (κ3) is 6.06. The molecule has 2 aliphatic rings. The molecule has 2 aliphatic heterocycles. The first kappa shape index (κ1) is 28.0. The van der Waals surface area contributed by atoms with Crippen molar-refractivity contribution in [3.8, 4) is 11.3 Å². The third-order valence-corrected chi connectivity index (χ3v) is 8.70. The van der Waals surface area contributed by atoms with Gasteiger partial charge < -0.3 is 24.8 Å². The average Bonchev–Trinajstić information content (AvgIpc) is 3.64. The topological polar surface area (TPSA) is 128 Å². The number of carbonyl (C=O) groups is 1. The van der Waals surface area contributed by atoms with Crippen LogP contribution in [-0.4, -0.2) is 79.9 Å². The molecular formula is C30H34N8O3S. The van der Waals surface area contributed by atoms with E-state index in [0.717, 1.165) is 59.0 Å². The lowest BCUT2D eigenvalue weighted by Gasteiger charge is -2.27. The molecule has 0 radical (unpaired) electrons. The van der Waals surface area contributed by atoms with Crippen LogP contribution in [0.2, 0.25) is 0 Å². The Hall–Kier alpha value is -4.13. The molecule has 2 saturated heterocycles. The Morgan fingerprint density at radius 3 is 2.74 bits per heavy atom. The molecule has 42 heavy (non-hydrogen) atoms. The summed E-state index contributed by atoms with van der Waals surface area (Å²) < 4.78 is 20.4. The molecule has 0 aliphatic carbocycles. The van der Waals surface area contributed by atoms with E-state index in [4.69, 9.17) is 4.74 Å². The van der Waals surface area contributed by atoms with E-state index in [1.54, 1.807) is 23.5 Å². The minimum Gasteiger partial charge on any atom is -0.379 e. The van der Waals surface area contributed by atoms with Crippen LogP contribution < -0.4 is 14.9 Å². The smallest absolute Gasteiger partial charge is 0.254 e. The summed E-state index contributed by atoms with van der Waals surface area (Å²) in [6.07, 6.45) is 3.98. The highest BCUT2D eigenvalue weighted by Crippen LogP contribution is 2.30. The van der Waals surface area contributed by atoms with Crippen LogP contribution in [0.25, 0.3) is 22.3 Å². The van der Waals surface area contributed by atoms with Crippen molar-refractivity contribution >= 4 is 39.4 Å². The number of nitrogens with zero attached hydrogens (tertiary/aromatic N) is 5. The number of anilines is 2. The Labute approximate surface area is 247 Å². The maximum atomic E-state index is 13.2. The number of morpholine rings is 1. The van der Waals surface area contributed by atoms with Crippen LogP contribution in [0.5, 0.6) is 0 Å². The van der Waals surface area contributed by atoms with Crippen LogP contribution in [0, 0.1) is 0 Å². The lowest BCUT2D eigenvalue weighted by atomic mass is 10.0. The van der Waals surface area contributed by atoms with Gasteiger partial charge in [-0.2, -0.15) is 0 Å². The number of amides is 1. The van der Waals surface area contributed by atoms with Gasteiger partial charge in [-0.15, -0.1) is 0 Å². The molecule has 4 aromatic rings. The van der Waals surface area contributed by atoms with Crippen molar-refractivity contribution in [1.29, 1.82) is 0 Å². The number of H-pyrrole nitrogens is 1. The molecule has 3 aromatic heterocycles. The number of rotatable bonds is 9. The van der Waals surface area contributed by atoms with Crippen molar-refractivity contribution in [2.75, 3.05) is 49.6 Å². The first-order chi connectivity index (χ1) is 20.4. The Morgan fingerprint density at radius 2 is 1.95 bits per heavy atom. The van der Waals surface area contributed by atoms with Crippen molar-refractivity contribution in [2.45, 2.75) is 25.4 Å². The first-order valence-corrected chi connectivity index (χ1v) is 15.2. The van der Waals surface area contributed by atoms with E-state index < -0.39 is 16.5 Å². The predicted octanol–water partition coefficient (Wildman–Crippen LogP) is 3.47. The van der Waals surface area contributed by atoms with Crippen LogP contribution in [0.1, 0.15) is 29.4 Å². The van der Waals surface area contributed by atoms with Gasteiger partial charge in [0.25, 0.3) is 5.91 Å². The van der Waals surface area contributed by atoms with Crippen molar-refractivity contribution in [3.63, 3.8) is 0 Å². The van der Waals surface area contributed by atoms with Crippen LogP contribution in [-0.2, 0) is 22.3 Å². The molecular weight excluding hydrogens is 552 g/mol. The van der Waals surface area contributed by atoms with E-state index in [1.807, 2.05) is 25.1 Å². The Bertz CT molecular complexity index is 1620. The number of fused-ring (bicyclic) bond motifs is 1. The molecule has 218 valence electrons. The van der Waals surface area contributed by atoms with Crippen LogP contribution in [0.4, 0.5) is 11.5 Å². The summed E-state index contributed by atoms with van der Waals surface area (Å²) in [6, 6.07) is 13.8. The number of nitrogens with one attached hydrogen (secondary N) is 3. The monoisotopic (exact) mass is 586 g/mol. The largest absolute Gasteiger partial charge is 0.379 e. The standard InChI is InChI=1S/C30H34N8O3S/c1-3-42(40)36-30(2)9-11-38(19-30)29(39)22-8-10-31-24(16-22)18-32-23-6-4-21(5-7-23)26-17-25-27(35-26)33-20-34-28(25)37-12-14-41-15-13-37/h3-8,10,16-17,20,32,36H,1,9,11-15,18-19H2,2H3,(H,33,34,35). The summed E-state index contributed by atoms with van der Waals surface area (Å²) >= 11 is 0. The molecule has 0 spiro atoms. The Kier molecular flexibility index (Phi) is 8.00. The second-order valence-electron chi connectivity index (χ2n) is 10.8. The maximum absolute atomic E-state index is 13.2. The van der Waals surface area contributed by atoms with Crippen LogP contribution in [0.15, 0.2) is 67.0 Å². The van der Waals surface area contributed by atoms with E-state index in [-0.39, 0.29) is 5.91 Å². The van der Waals surface area contributed by atoms with Gasteiger partial charge in [-0.1, -0.05) is 18.7 Å². The van der Waals surface area contributed by atoms with Crippen molar-refractivity contribution in [2.24, 2.45) is 0 Å². The van der Waals surface area contributed by atoms with E-state index in [0.29, 0.717) is 38.4 Å². The Morgan fingerprint density at radius 1 is 1.14 bits per heavy atom. The SMILES string of the molecule is C=CS(=O)NC1(C)CCN(C(=O)c2ccnc(CNc3ccc(-c4cc5c(N6CCOCC6)ncnc5[nH]4)cc3)c2)C1. The van der Waals surface area contributed by atoms with Gasteiger partial charge in [0.1, 0.15) is 28.8 Å². The van der Waals surface area contributed by atoms with E-state index >= 15 is 0 Å². The maximum Gasteiger partial charge on any atom is 0.254 e. The van der Waals surface area contributed by atoms with Gasteiger partial charge in [0, 0.05) is 60.3 Å². The summed E-state index contributed by atoms with van der Waals surface area (Å²) in [5.74, 6) is 0.870. The molecule has 1 aromatic carbocycles. The van der Waals surface area contributed by atoms with Gasteiger partial charge in [0.2, 0.25) is 0 Å². The Balaban J connectivity index is 1.09. The van der Waals surface area contributed by atoms with Crippen molar-refractivity contribution < 1.29 is 13.7 Å². The second kappa shape index (κ2) is 12.0. The highest BCUT2D eigenvalue weighted by molar-refractivity contribution is 7.86. The van der Waals surface area contributed by atoms with Gasteiger partial charge in [-0.3, -0.25) is 9.78 Å². The first-order valence-electron chi connectivity index (χ1n) is 14.0. The highest BCUT2D eigenvalue weighted by atomic mass is 32.2. The zero-order valence-corrected chi connectivity index (χ0v) is 24.3. The van der Waals surface area contributed by atoms with Crippen molar-refractivity contribution in [1.82, 2.24) is 29.6 Å². The number of hydrogen-bond acceptors (Lipinski definition) is 8. The zero-order chi connectivity index (χ0) is 29.1. The minimum atomic E-state index is -1.33. The molecule has 1 amide bonds. The summed E-state index contributed by atoms with van der Waals surface area (Å²) in [5, 5.41) is 5.77. The molecule has 2 atom stereocenters. The van der Waals surface area contributed by atoms with Crippen LogP contribution in [0.3, 0.4) is 0 Å². The average molecular weight is 587 g/mol. The van der Waals surface area contributed by atoms with Gasteiger partial charge in [0.05, 0.1) is 30.8 Å². The lowest BCUT2D eigenvalue weighted by molar-refractivity contribution is 0.0783. The fourth-order valence-corrected chi connectivity index (χ4v) is 6.20. The number of aromatic amines is 1. The third-order valence-electron chi connectivity index (χ3n) is 7.71. The summed E-state index contributed by atoms with van der Waals surface area (Å²) in [4.78, 5) is 34.1. The minimum absolute atomic E-state index is 0.0577. The molecule has 0 bridgehead atoms. The van der Waals surface area contributed by atoms with Crippen LogP contribution >= 0.6 is 0 Å². The summed E-state index contributed by atoms with van der Waals surface area (Å²) in [7, 11) is -1.33. The molecule has 5 heterocycles. The number of ether oxygens (including phenoxy) is 1. The van der Waals surface area contributed by atoms with E-state index in [9.17, 15) is 9.00 Å². The number of aromatic nitrogens is 4. The van der Waals surface area contributed by atoms with Gasteiger partial charge >= 0.3 is 0 Å². The number of carbonyl (C=O) groups excluding carboxylic acids is 1. The molecule has 12 heteroatoms. The molecule has 11 nitrogen and oxygen atoms in total. The van der Waals surface area contributed by atoms with Gasteiger partial charge in [-0.25, -0.2) is 18.9 Å². The molecule has 2 fully saturated rings. The number of hydrogen-bond donors (Lipinski definition) is 3. The molecule has 3 N–H and O–H groups in total. The second-order valence-corrected chi connectivity index (χ2v) is 11.9. The summed E-state index contributed by atoms with van der Waals surface area (Å²) in [6.45, 7) is 10.1. The summed E-state index contributed by atoms with van der Waals surface area (Å²) in [5.41, 5.74) is 4.71. The number of benzene rings is 1. The normalized spacial score (nSPS) is 19.6. The quantitative estimate of drug-likeness (QED) is 0.272. The van der Waals surface area contributed by atoms with Crippen molar-refractivity contribution in [3.05, 3.63) is 78.2 Å². The lowest BCUT2D eigenvalue weighted by Crippen LogP contribution is -2.45. The fraction of sp³-hybridized carbons (Fsp3) is 0.333. The number of likely N-dealkylation sites (tertiary alicyclic amines) is 1. The van der Waals surface area contributed by atoms with E-state index in [2.05, 4.69) is 59.7 Å². The van der Waals surface area contributed by atoms with Gasteiger partial charge in [0.15, 0.2) is 0 Å². The molecule has 2 unspecified atom stereocenters. The van der Waals surface area contributed by atoms with Gasteiger partial charge in [-0.05, 0) is 49.2 Å². The van der Waals surface area contributed by atoms with E-state index in [1.165, 1.54) is 5.41 Å². The highest BCUT2D eigenvalue weighted by Gasteiger charge is 2.37. The number of pyridine rings is 1. The molecule has 6 rings (SSSR count). The fourth-order valence-electron chi connectivity index (χ4n) is 5.46.